The van der Waals surface area contributed by atoms with Gasteiger partial charge in [0.15, 0.2) is 21.3 Å². The van der Waals surface area contributed by atoms with Gasteiger partial charge in [-0.05, 0) is 70.7 Å². The number of halogens is 1. The van der Waals surface area contributed by atoms with Crippen LogP contribution in [0, 0.1) is 3.57 Å². The summed E-state index contributed by atoms with van der Waals surface area (Å²) in [7, 11) is -2.12. The Balaban J connectivity index is 2.20. The number of hydrogen-bond donors (Lipinski definition) is 4. The van der Waals surface area contributed by atoms with Crippen LogP contribution < -0.4 is 4.74 Å². The second kappa shape index (κ2) is 10.3. The summed E-state index contributed by atoms with van der Waals surface area (Å²) in [5.41, 5.74) is 2.38. The fraction of sp³-hybridized carbons (Fsp3) is 0.500. The third-order valence-electron chi connectivity index (χ3n) is 5.11. The maximum atomic E-state index is 12.2. The van der Waals surface area contributed by atoms with Crippen molar-refractivity contribution in [1.82, 2.24) is 0 Å². The number of sulfone groups is 1. The molecule has 0 radical (unpaired) electrons. The van der Waals surface area contributed by atoms with E-state index in [1.807, 2.05) is 41.7 Å². The molecule has 1 aliphatic rings. The van der Waals surface area contributed by atoms with E-state index in [0.717, 1.165) is 17.6 Å². The van der Waals surface area contributed by atoms with Crippen LogP contribution in [0.2, 0.25) is 0 Å². The number of ether oxygens (including phenoxy) is 1. The molecule has 4 N–H and O–H groups in total. The van der Waals surface area contributed by atoms with Gasteiger partial charge < -0.3 is 25.2 Å². The van der Waals surface area contributed by atoms with Crippen LogP contribution in [0.15, 0.2) is 28.9 Å². The Labute approximate surface area is 184 Å². The fourth-order valence-corrected chi connectivity index (χ4v) is 6.05. The van der Waals surface area contributed by atoms with Gasteiger partial charge in [0.25, 0.3) is 0 Å². The fourth-order valence-electron chi connectivity index (χ4n) is 3.54. The van der Waals surface area contributed by atoms with Gasteiger partial charge in [0.2, 0.25) is 0 Å². The van der Waals surface area contributed by atoms with Gasteiger partial charge in [-0.1, -0.05) is 18.6 Å². The zero-order chi connectivity index (χ0) is 21.8. The van der Waals surface area contributed by atoms with Crippen molar-refractivity contribution < 1.29 is 33.6 Å². The molecule has 1 heterocycles. The summed E-state index contributed by atoms with van der Waals surface area (Å²) in [4.78, 5) is 0. The minimum atomic E-state index is -3.60. The summed E-state index contributed by atoms with van der Waals surface area (Å²) in [6.07, 6.45) is 2.40. The van der Waals surface area contributed by atoms with Gasteiger partial charge in [-0.2, -0.15) is 0 Å². The lowest BCUT2D eigenvalue weighted by molar-refractivity contribution is 0.186. The summed E-state index contributed by atoms with van der Waals surface area (Å²) in [5, 5.41) is 38.4. The highest BCUT2D eigenvalue weighted by molar-refractivity contribution is 14.1. The zero-order valence-electron chi connectivity index (χ0n) is 16.4. The van der Waals surface area contributed by atoms with E-state index in [1.165, 1.54) is 7.11 Å². The van der Waals surface area contributed by atoms with Crippen LogP contribution in [0.3, 0.4) is 0 Å². The highest BCUT2D eigenvalue weighted by Gasteiger charge is 2.40. The Morgan fingerprint density at radius 1 is 1.38 bits per heavy atom. The zero-order valence-corrected chi connectivity index (χ0v) is 19.4. The number of hydrogen-bond acceptors (Lipinski definition) is 7. The third kappa shape index (κ3) is 5.52. The molecule has 0 aliphatic carbocycles. The molecule has 0 aromatic heterocycles. The molecular formula is C20H27IO7S. The predicted octanol–water partition coefficient (Wildman–Crippen LogP) is 2.02. The average Bonchev–Trinajstić information content (AvgIpc) is 2.96. The summed E-state index contributed by atoms with van der Waals surface area (Å²) in [6, 6.07) is 3.55. The van der Waals surface area contributed by atoms with E-state index >= 15 is 0 Å². The van der Waals surface area contributed by atoms with Crippen LogP contribution >= 0.6 is 22.6 Å². The number of aromatic hydroxyl groups is 1. The molecule has 162 valence electrons. The number of phenols is 1. The minimum absolute atomic E-state index is 0.0830. The highest BCUT2D eigenvalue weighted by atomic mass is 127. The number of aliphatic hydroxyl groups excluding tert-OH is 3. The van der Waals surface area contributed by atoms with Gasteiger partial charge in [-0.15, -0.1) is 0 Å². The lowest BCUT2D eigenvalue weighted by Gasteiger charge is -2.19. The molecule has 0 amide bonds. The molecule has 7 nitrogen and oxygen atoms in total. The molecule has 0 bridgehead atoms. The summed E-state index contributed by atoms with van der Waals surface area (Å²) >= 11 is 2.02. The van der Waals surface area contributed by atoms with Crippen molar-refractivity contribution in [2.45, 2.75) is 37.5 Å². The van der Waals surface area contributed by atoms with Crippen molar-refractivity contribution in [1.29, 1.82) is 0 Å². The number of phenolic OH excluding ortho intramolecular Hbond substituents is 1. The van der Waals surface area contributed by atoms with E-state index < -0.39 is 34.4 Å². The molecule has 0 spiro atoms. The Kier molecular flexibility index (Phi) is 8.53. The van der Waals surface area contributed by atoms with E-state index in [4.69, 9.17) is 4.74 Å². The van der Waals surface area contributed by atoms with Crippen LogP contribution in [-0.4, -0.2) is 66.3 Å². The van der Waals surface area contributed by atoms with Crippen molar-refractivity contribution in [2.75, 3.05) is 26.1 Å². The first-order chi connectivity index (χ1) is 13.7. The number of allylic oxidation sites excluding steroid dienone is 1. The predicted molar refractivity (Wildman–Crippen MR) is 120 cm³/mol. The first-order valence-corrected chi connectivity index (χ1v) is 12.1. The van der Waals surface area contributed by atoms with Gasteiger partial charge >= 0.3 is 0 Å². The largest absolute Gasteiger partial charge is 0.504 e. The molecule has 0 saturated heterocycles. The second-order valence-corrected chi connectivity index (χ2v) is 10.3. The lowest BCUT2D eigenvalue weighted by Crippen LogP contribution is -2.29. The van der Waals surface area contributed by atoms with E-state index in [9.17, 15) is 28.8 Å². The second-order valence-electron chi connectivity index (χ2n) is 6.96. The van der Waals surface area contributed by atoms with Crippen molar-refractivity contribution >= 4 is 38.5 Å². The molecule has 29 heavy (non-hydrogen) atoms. The Bertz CT molecular complexity index is 906. The van der Waals surface area contributed by atoms with Crippen molar-refractivity contribution in [3.05, 3.63) is 38.0 Å². The molecule has 1 aliphatic heterocycles. The van der Waals surface area contributed by atoms with E-state index in [1.54, 1.807) is 6.07 Å². The minimum Gasteiger partial charge on any atom is -0.504 e. The van der Waals surface area contributed by atoms with Gasteiger partial charge in [0, 0.05) is 0 Å². The highest BCUT2D eigenvalue weighted by Crippen LogP contribution is 2.34. The summed E-state index contributed by atoms with van der Waals surface area (Å²) in [5.74, 6) is 0.126. The molecule has 9 heteroatoms. The van der Waals surface area contributed by atoms with Crippen LogP contribution in [0.25, 0.3) is 6.08 Å². The smallest absolute Gasteiger partial charge is 0.171 e. The van der Waals surface area contributed by atoms with Gasteiger partial charge in [0.1, 0.15) is 5.25 Å². The maximum absolute atomic E-state index is 12.2. The number of aliphatic hydroxyl groups is 3. The summed E-state index contributed by atoms with van der Waals surface area (Å²) in [6.45, 7) is 0.917. The molecule has 0 fully saturated rings. The monoisotopic (exact) mass is 538 g/mol. The Morgan fingerprint density at radius 3 is 2.62 bits per heavy atom. The molecular weight excluding hydrogens is 511 g/mol. The topological polar surface area (TPSA) is 124 Å². The number of rotatable bonds is 9. The van der Waals surface area contributed by atoms with E-state index in [0.29, 0.717) is 15.7 Å². The van der Waals surface area contributed by atoms with Gasteiger partial charge in [0.05, 0.1) is 35.8 Å². The van der Waals surface area contributed by atoms with Gasteiger partial charge in [-0.25, -0.2) is 8.42 Å². The quantitative estimate of drug-likeness (QED) is 0.280. The molecule has 1 aromatic rings. The average molecular weight is 538 g/mol. The molecule has 2 rings (SSSR count). The third-order valence-corrected chi connectivity index (χ3v) is 7.96. The van der Waals surface area contributed by atoms with Gasteiger partial charge in [-0.3, -0.25) is 0 Å². The van der Waals surface area contributed by atoms with Crippen LogP contribution in [-0.2, 0) is 9.84 Å². The standard InChI is InChI=1S/C20H27IO7S/c1-3-12(6-13-7-15(21)20(25)17(8-13)28-2)4-5-16(24)19-14(9-22)11-29(26,27)18(19)10-23/h6-8,16,18,22-25H,3-5,9-11H2,1-2H3/b12-6+/t16-,18+/m1/s1. The van der Waals surface area contributed by atoms with E-state index in [2.05, 4.69) is 0 Å². The van der Waals surface area contributed by atoms with Crippen molar-refractivity contribution in [3.8, 4) is 11.5 Å². The first-order valence-electron chi connectivity index (χ1n) is 9.27. The maximum Gasteiger partial charge on any atom is 0.171 e. The van der Waals surface area contributed by atoms with Crippen molar-refractivity contribution in [2.24, 2.45) is 0 Å². The lowest BCUT2D eigenvalue weighted by atomic mass is 9.94. The summed E-state index contributed by atoms with van der Waals surface area (Å²) < 4.78 is 30.2. The van der Waals surface area contributed by atoms with Crippen LogP contribution in [0.1, 0.15) is 31.7 Å². The molecule has 0 saturated carbocycles. The van der Waals surface area contributed by atoms with Crippen molar-refractivity contribution in [3.63, 3.8) is 0 Å². The van der Waals surface area contributed by atoms with E-state index in [-0.39, 0.29) is 29.1 Å². The van der Waals surface area contributed by atoms with Crippen LogP contribution in [0.5, 0.6) is 11.5 Å². The normalized spacial score (nSPS) is 20.2. The first kappa shape index (κ1) is 24.1. The SMILES string of the molecule is CC/C(=C\c1cc(I)c(O)c(OC)c1)CC[C@@H](O)C1=C(CO)CS(=O)(=O)[C@H]1CO. The number of methoxy groups -OCH3 is 1. The Hall–Kier alpha value is -1.14. The molecule has 0 unspecified atom stereocenters. The molecule has 2 atom stereocenters. The van der Waals surface area contributed by atoms with Crippen LogP contribution in [0.4, 0.5) is 0 Å². The molecule has 1 aromatic carbocycles. The Morgan fingerprint density at radius 2 is 2.07 bits per heavy atom. The number of benzene rings is 1.